The van der Waals surface area contributed by atoms with E-state index in [9.17, 15) is 4.79 Å². The second-order valence-electron chi connectivity index (χ2n) is 6.95. The van der Waals surface area contributed by atoms with Crippen molar-refractivity contribution >= 4 is 17.5 Å². The molecule has 0 aromatic heterocycles. The minimum absolute atomic E-state index is 0.0197. The van der Waals surface area contributed by atoms with Crippen LogP contribution in [0.5, 0.6) is 0 Å². The Kier molecular flexibility index (Phi) is 4.43. The summed E-state index contributed by atoms with van der Waals surface area (Å²) in [5, 5.41) is 3.05. The average molecular weight is 294 g/mol. The molecule has 0 heterocycles. The third-order valence-electron chi connectivity index (χ3n) is 4.22. The fraction of sp³-hybridized carbons (Fsp3) is 0.588. The van der Waals surface area contributed by atoms with Gasteiger partial charge in [0.25, 0.3) is 5.91 Å². The summed E-state index contributed by atoms with van der Waals surface area (Å²) in [4.78, 5) is 12.1. The number of carbonyl (C=O) groups excluding carboxylic acids is 1. The van der Waals surface area contributed by atoms with Crippen LogP contribution in [0.3, 0.4) is 0 Å². The molecule has 0 radical (unpaired) electrons. The third kappa shape index (κ3) is 3.76. The molecule has 1 saturated carbocycles. The van der Waals surface area contributed by atoms with Crippen LogP contribution < -0.4 is 5.32 Å². The maximum Gasteiger partial charge on any atom is 0.251 e. The standard InChI is InChI=1S/C17H24ClNO/c1-16(2,3)14-6-4-13(5-7-14)15(20)19-12-17(8-9-17)10-11-18/h4-7H,8-12H2,1-3H3,(H,19,20). The normalized spacial score (nSPS) is 16.8. The Balaban J connectivity index is 1.93. The Morgan fingerprint density at radius 1 is 1.25 bits per heavy atom. The Morgan fingerprint density at radius 3 is 2.30 bits per heavy atom. The molecular weight excluding hydrogens is 270 g/mol. The predicted octanol–water partition coefficient (Wildman–Crippen LogP) is 4.12. The van der Waals surface area contributed by atoms with Crippen LogP contribution in [0.4, 0.5) is 0 Å². The first-order valence-corrected chi connectivity index (χ1v) is 7.85. The number of benzene rings is 1. The maximum absolute atomic E-state index is 12.1. The molecule has 0 bridgehead atoms. The van der Waals surface area contributed by atoms with Crippen molar-refractivity contribution < 1.29 is 4.79 Å². The number of halogens is 1. The summed E-state index contributed by atoms with van der Waals surface area (Å²) >= 11 is 5.81. The lowest BCUT2D eigenvalue weighted by atomic mass is 9.86. The van der Waals surface area contributed by atoms with Crippen molar-refractivity contribution in [2.24, 2.45) is 5.41 Å². The molecule has 0 spiro atoms. The van der Waals surface area contributed by atoms with Crippen LogP contribution in [0.1, 0.15) is 56.0 Å². The minimum atomic E-state index is 0.0197. The molecule has 1 fully saturated rings. The van der Waals surface area contributed by atoms with Gasteiger partial charge in [0.15, 0.2) is 0 Å². The minimum Gasteiger partial charge on any atom is -0.351 e. The Hall–Kier alpha value is -1.02. The summed E-state index contributed by atoms with van der Waals surface area (Å²) in [6.07, 6.45) is 3.36. The van der Waals surface area contributed by atoms with E-state index >= 15 is 0 Å². The van der Waals surface area contributed by atoms with Crippen molar-refractivity contribution in [1.82, 2.24) is 5.32 Å². The van der Waals surface area contributed by atoms with Crippen LogP contribution in [0.15, 0.2) is 24.3 Å². The van der Waals surface area contributed by atoms with Gasteiger partial charge in [-0.3, -0.25) is 4.79 Å². The van der Waals surface area contributed by atoms with Crippen molar-refractivity contribution in [2.45, 2.75) is 45.4 Å². The summed E-state index contributed by atoms with van der Waals surface area (Å²) in [5.41, 5.74) is 2.38. The molecule has 3 heteroatoms. The molecule has 1 aromatic carbocycles. The van der Waals surface area contributed by atoms with Gasteiger partial charge in [-0.05, 0) is 47.8 Å². The van der Waals surface area contributed by atoms with Gasteiger partial charge in [-0.15, -0.1) is 11.6 Å². The van der Waals surface area contributed by atoms with Crippen molar-refractivity contribution in [2.75, 3.05) is 12.4 Å². The second-order valence-corrected chi connectivity index (χ2v) is 7.33. The monoisotopic (exact) mass is 293 g/mol. The Bertz CT molecular complexity index is 469. The summed E-state index contributed by atoms with van der Waals surface area (Å²) in [6.45, 7) is 7.26. The Morgan fingerprint density at radius 2 is 1.85 bits per heavy atom. The zero-order valence-electron chi connectivity index (χ0n) is 12.6. The topological polar surface area (TPSA) is 29.1 Å². The summed E-state index contributed by atoms with van der Waals surface area (Å²) in [6, 6.07) is 7.91. The lowest BCUT2D eigenvalue weighted by Crippen LogP contribution is -2.30. The van der Waals surface area contributed by atoms with Gasteiger partial charge in [0, 0.05) is 18.0 Å². The predicted molar refractivity (Wildman–Crippen MR) is 84.5 cm³/mol. The molecule has 0 atom stereocenters. The summed E-state index contributed by atoms with van der Waals surface area (Å²) < 4.78 is 0. The van der Waals surface area contributed by atoms with Gasteiger partial charge < -0.3 is 5.32 Å². The van der Waals surface area contributed by atoms with Crippen molar-refractivity contribution in [3.05, 3.63) is 35.4 Å². The van der Waals surface area contributed by atoms with Crippen LogP contribution in [-0.4, -0.2) is 18.3 Å². The van der Waals surface area contributed by atoms with Crippen LogP contribution in [-0.2, 0) is 5.41 Å². The van der Waals surface area contributed by atoms with Crippen molar-refractivity contribution in [3.63, 3.8) is 0 Å². The highest BCUT2D eigenvalue weighted by molar-refractivity contribution is 6.17. The first-order chi connectivity index (χ1) is 9.36. The first-order valence-electron chi connectivity index (χ1n) is 7.31. The molecule has 20 heavy (non-hydrogen) atoms. The largest absolute Gasteiger partial charge is 0.351 e. The van der Waals surface area contributed by atoms with Crippen LogP contribution in [0.2, 0.25) is 0 Å². The smallest absolute Gasteiger partial charge is 0.251 e. The SMILES string of the molecule is CC(C)(C)c1ccc(C(=O)NCC2(CCCl)CC2)cc1. The van der Waals surface area contributed by atoms with Crippen molar-refractivity contribution in [1.29, 1.82) is 0 Å². The number of nitrogens with one attached hydrogen (secondary N) is 1. The van der Waals surface area contributed by atoms with Gasteiger partial charge in [0.05, 0.1) is 0 Å². The lowest BCUT2D eigenvalue weighted by molar-refractivity contribution is 0.0944. The van der Waals surface area contributed by atoms with Gasteiger partial charge >= 0.3 is 0 Å². The highest BCUT2D eigenvalue weighted by Crippen LogP contribution is 2.48. The van der Waals surface area contributed by atoms with Crippen LogP contribution >= 0.6 is 11.6 Å². The van der Waals surface area contributed by atoms with Gasteiger partial charge in [0.1, 0.15) is 0 Å². The molecule has 1 aliphatic rings. The van der Waals surface area contributed by atoms with Gasteiger partial charge in [0.2, 0.25) is 0 Å². The number of hydrogen-bond donors (Lipinski definition) is 1. The second kappa shape index (κ2) is 5.77. The number of carbonyl (C=O) groups is 1. The van der Waals surface area contributed by atoms with Crippen LogP contribution in [0.25, 0.3) is 0 Å². The molecule has 2 nitrogen and oxygen atoms in total. The molecule has 1 amide bonds. The maximum atomic E-state index is 12.1. The zero-order chi connectivity index (χ0) is 14.8. The highest BCUT2D eigenvalue weighted by atomic mass is 35.5. The van der Waals surface area contributed by atoms with Gasteiger partial charge in [-0.25, -0.2) is 0 Å². The lowest BCUT2D eigenvalue weighted by Gasteiger charge is -2.19. The van der Waals surface area contributed by atoms with E-state index in [2.05, 4.69) is 26.1 Å². The number of amides is 1. The zero-order valence-corrected chi connectivity index (χ0v) is 13.4. The molecule has 110 valence electrons. The van der Waals surface area contributed by atoms with E-state index in [4.69, 9.17) is 11.6 Å². The van der Waals surface area contributed by atoms with E-state index in [1.54, 1.807) is 0 Å². The molecule has 1 aromatic rings. The molecule has 1 aliphatic carbocycles. The highest BCUT2D eigenvalue weighted by Gasteiger charge is 2.41. The van der Waals surface area contributed by atoms with Gasteiger partial charge in [-0.1, -0.05) is 32.9 Å². The Labute approximate surface area is 126 Å². The summed E-state index contributed by atoms with van der Waals surface area (Å²) in [5.74, 6) is 0.696. The molecular formula is C17H24ClNO. The molecule has 0 aliphatic heterocycles. The van der Waals surface area contributed by atoms with E-state index in [-0.39, 0.29) is 16.7 Å². The fourth-order valence-electron chi connectivity index (χ4n) is 2.38. The van der Waals surface area contributed by atoms with E-state index in [0.717, 1.165) is 18.5 Å². The van der Waals surface area contributed by atoms with Crippen molar-refractivity contribution in [3.8, 4) is 0 Å². The van der Waals surface area contributed by atoms with E-state index in [1.165, 1.54) is 18.4 Å². The number of alkyl halides is 1. The molecule has 1 N–H and O–H groups in total. The number of rotatable bonds is 5. The fourth-order valence-corrected chi connectivity index (χ4v) is 2.78. The van der Waals surface area contributed by atoms with E-state index < -0.39 is 0 Å². The van der Waals surface area contributed by atoms with Gasteiger partial charge in [-0.2, -0.15) is 0 Å². The average Bonchev–Trinajstić information content (AvgIpc) is 3.16. The molecule has 2 rings (SSSR count). The molecule has 0 saturated heterocycles. The first kappa shape index (κ1) is 15.4. The van der Waals surface area contributed by atoms with E-state index in [0.29, 0.717) is 5.88 Å². The summed E-state index contributed by atoms with van der Waals surface area (Å²) in [7, 11) is 0. The third-order valence-corrected chi connectivity index (χ3v) is 4.41. The van der Waals surface area contributed by atoms with E-state index in [1.807, 2.05) is 24.3 Å². The van der Waals surface area contributed by atoms with Crippen LogP contribution in [0, 0.1) is 5.41 Å². The quantitative estimate of drug-likeness (QED) is 0.813. The molecule has 0 unspecified atom stereocenters. The number of hydrogen-bond acceptors (Lipinski definition) is 1.